The maximum atomic E-state index is 11.6. The standard InChI is InChI=1S/C11H22N2O2S/c1-10(2)8-13(6-5-12-10)11(3)4-7-16(14,15)9-11/h12H,4-9H2,1-3H3. The Morgan fingerprint density at radius 1 is 1.25 bits per heavy atom. The van der Waals surface area contributed by atoms with E-state index in [4.69, 9.17) is 0 Å². The first kappa shape index (κ1) is 12.3. The van der Waals surface area contributed by atoms with Gasteiger partial charge in [-0.25, -0.2) is 8.42 Å². The third-order valence-corrected chi connectivity index (χ3v) is 5.71. The van der Waals surface area contributed by atoms with Gasteiger partial charge in [0.05, 0.1) is 11.5 Å². The van der Waals surface area contributed by atoms with Crippen LogP contribution in [0.1, 0.15) is 27.2 Å². The Morgan fingerprint density at radius 3 is 2.44 bits per heavy atom. The van der Waals surface area contributed by atoms with Gasteiger partial charge in [0.1, 0.15) is 0 Å². The molecule has 1 atom stereocenters. The summed E-state index contributed by atoms with van der Waals surface area (Å²) in [6.07, 6.45) is 0.783. The minimum atomic E-state index is -2.80. The van der Waals surface area contributed by atoms with Crippen LogP contribution in [-0.4, -0.2) is 55.5 Å². The molecular weight excluding hydrogens is 224 g/mol. The van der Waals surface area contributed by atoms with E-state index in [2.05, 4.69) is 31.0 Å². The predicted molar refractivity (Wildman–Crippen MR) is 65.3 cm³/mol. The van der Waals surface area contributed by atoms with Gasteiger partial charge in [0.25, 0.3) is 0 Å². The summed E-state index contributed by atoms with van der Waals surface area (Å²) in [5.41, 5.74) is -0.0498. The Hall–Kier alpha value is -0.130. The molecule has 94 valence electrons. The molecule has 4 nitrogen and oxygen atoms in total. The number of piperazine rings is 1. The number of nitrogens with one attached hydrogen (secondary N) is 1. The van der Waals surface area contributed by atoms with Crippen molar-refractivity contribution in [3.05, 3.63) is 0 Å². The summed E-state index contributed by atoms with van der Waals surface area (Å²) in [7, 11) is -2.80. The van der Waals surface area contributed by atoms with Crippen LogP contribution in [0.25, 0.3) is 0 Å². The Bertz CT molecular complexity index is 377. The van der Waals surface area contributed by atoms with E-state index in [1.807, 2.05) is 0 Å². The lowest BCUT2D eigenvalue weighted by Crippen LogP contribution is -2.63. The predicted octanol–water partition coefficient (Wildman–Crippen LogP) is 0.247. The van der Waals surface area contributed by atoms with Crippen LogP contribution in [-0.2, 0) is 9.84 Å². The highest BCUT2D eigenvalue weighted by atomic mass is 32.2. The molecule has 2 aliphatic rings. The van der Waals surface area contributed by atoms with Crippen molar-refractivity contribution in [2.45, 2.75) is 38.3 Å². The minimum Gasteiger partial charge on any atom is -0.309 e. The number of nitrogens with zero attached hydrogens (tertiary/aromatic N) is 1. The normalized spacial score (nSPS) is 38.7. The fraction of sp³-hybridized carbons (Fsp3) is 1.00. The zero-order valence-corrected chi connectivity index (χ0v) is 11.2. The van der Waals surface area contributed by atoms with Gasteiger partial charge in [-0.05, 0) is 27.2 Å². The summed E-state index contributed by atoms with van der Waals surface area (Å²) >= 11 is 0. The molecule has 2 rings (SSSR count). The molecule has 2 saturated heterocycles. The van der Waals surface area contributed by atoms with Crippen molar-refractivity contribution < 1.29 is 8.42 Å². The lowest BCUT2D eigenvalue weighted by molar-refractivity contribution is 0.0621. The van der Waals surface area contributed by atoms with Crippen LogP contribution < -0.4 is 5.32 Å². The smallest absolute Gasteiger partial charge is 0.152 e. The van der Waals surface area contributed by atoms with Crippen LogP contribution >= 0.6 is 0 Å². The molecule has 5 heteroatoms. The highest BCUT2D eigenvalue weighted by Crippen LogP contribution is 2.31. The van der Waals surface area contributed by atoms with Crippen molar-refractivity contribution in [3.63, 3.8) is 0 Å². The van der Waals surface area contributed by atoms with E-state index in [-0.39, 0.29) is 11.1 Å². The zero-order valence-electron chi connectivity index (χ0n) is 10.4. The highest BCUT2D eigenvalue weighted by molar-refractivity contribution is 7.91. The van der Waals surface area contributed by atoms with Crippen LogP contribution in [0.5, 0.6) is 0 Å². The van der Waals surface area contributed by atoms with Gasteiger partial charge in [0.2, 0.25) is 0 Å². The Balaban J connectivity index is 2.13. The molecule has 0 spiro atoms. The molecule has 2 heterocycles. The van der Waals surface area contributed by atoms with Crippen LogP contribution in [0.15, 0.2) is 0 Å². The van der Waals surface area contributed by atoms with Gasteiger partial charge in [-0.15, -0.1) is 0 Å². The summed E-state index contributed by atoms with van der Waals surface area (Å²) in [4.78, 5) is 2.36. The van der Waals surface area contributed by atoms with Crippen molar-refractivity contribution in [1.82, 2.24) is 10.2 Å². The van der Waals surface area contributed by atoms with Crippen molar-refractivity contribution in [2.75, 3.05) is 31.1 Å². The van der Waals surface area contributed by atoms with Gasteiger partial charge >= 0.3 is 0 Å². The van der Waals surface area contributed by atoms with Crippen molar-refractivity contribution in [1.29, 1.82) is 0 Å². The van der Waals surface area contributed by atoms with Crippen LogP contribution in [0.4, 0.5) is 0 Å². The average molecular weight is 246 g/mol. The first-order chi connectivity index (χ1) is 7.23. The lowest BCUT2D eigenvalue weighted by atomic mass is 9.93. The van der Waals surface area contributed by atoms with Gasteiger partial charge in [-0.1, -0.05) is 0 Å². The number of sulfone groups is 1. The summed E-state index contributed by atoms with van der Waals surface area (Å²) in [5, 5.41) is 3.46. The molecule has 0 bridgehead atoms. The Morgan fingerprint density at radius 2 is 1.94 bits per heavy atom. The molecule has 0 aromatic heterocycles. The Kier molecular flexibility index (Phi) is 2.84. The second-order valence-electron chi connectivity index (χ2n) is 6.07. The van der Waals surface area contributed by atoms with Crippen molar-refractivity contribution in [3.8, 4) is 0 Å². The second-order valence-corrected chi connectivity index (χ2v) is 8.26. The summed E-state index contributed by atoms with van der Waals surface area (Å²) in [6.45, 7) is 9.27. The van der Waals surface area contributed by atoms with Crippen LogP contribution in [0, 0.1) is 0 Å². The molecule has 0 radical (unpaired) electrons. The first-order valence-corrected chi connectivity index (χ1v) is 7.75. The summed E-state index contributed by atoms with van der Waals surface area (Å²) in [5.74, 6) is 0.684. The van der Waals surface area contributed by atoms with E-state index in [0.29, 0.717) is 11.5 Å². The molecule has 2 aliphatic heterocycles. The lowest BCUT2D eigenvalue weighted by Gasteiger charge is -2.46. The molecule has 0 aromatic carbocycles. The maximum Gasteiger partial charge on any atom is 0.152 e. The molecule has 0 saturated carbocycles. The molecule has 2 fully saturated rings. The topological polar surface area (TPSA) is 49.4 Å². The fourth-order valence-corrected chi connectivity index (χ4v) is 5.01. The summed E-state index contributed by atoms with van der Waals surface area (Å²) < 4.78 is 23.2. The minimum absolute atomic E-state index is 0.0909. The summed E-state index contributed by atoms with van der Waals surface area (Å²) in [6, 6.07) is 0. The Labute approximate surface area is 98.3 Å². The first-order valence-electron chi connectivity index (χ1n) is 5.93. The molecule has 0 aromatic rings. The quantitative estimate of drug-likeness (QED) is 0.720. The molecule has 1 N–H and O–H groups in total. The van der Waals surface area contributed by atoms with Gasteiger partial charge in [-0.2, -0.15) is 0 Å². The average Bonchev–Trinajstić information content (AvgIpc) is 2.40. The number of rotatable bonds is 1. The highest BCUT2D eigenvalue weighted by Gasteiger charge is 2.45. The number of hydrogen-bond acceptors (Lipinski definition) is 4. The fourth-order valence-electron chi connectivity index (χ4n) is 2.85. The van der Waals surface area contributed by atoms with Crippen LogP contribution in [0.2, 0.25) is 0 Å². The van der Waals surface area contributed by atoms with Crippen molar-refractivity contribution >= 4 is 9.84 Å². The molecule has 16 heavy (non-hydrogen) atoms. The van der Waals surface area contributed by atoms with E-state index in [9.17, 15) is 8.42 Å². The monoisotopic (exact) mass is 246 g/mol. The van der Waals surface area contributed by atoms with E-state index in [1.165, 1.54) is 0 Å². The van der Waals surface area contributed by atoms with E-state index < -0.39 is 9.84 Å². The third kappa shape index (κ3) is 2.41. The van der Waals surface area contributed by atoms with E-state index in [1.54, 1.807) is 0 Å². The van der Waals surface area contributed by atoms with Gasteiger partial charge in [0.15, 0.2) is 9.84 Å². The SMILES string of the molecule is CC1(C)CN(C2(C)CCS(=O)(=O)C2)CCN1. The van der Waals surface area contributed by atoms with Gasteiger partial charge in [-0.3, -0.25) is 4.90 Å². The third-order valence-electron chi connectivity index (χ3n) is 3.82. The van der Waals surface area contributed by atoms with E-state index >= 15 is 0 Å². The van der Waals surface area contributed by atoms with Crippen molar-refractivity contribution in [2.24, 2.45) is 0 Å². The van der Waals surface area contributed by atoms with E-state index in [0.717, 1.165) is 26.1 Å². The molecule has 1 unspecified atom stereocenters. The molecule has 0 aliphatic carbocycles. The number of hydrogen-bond donors (Lipinski definition) is 1. The van der Waals surface area contributed by atoms with Gasteiger partial charge < -0.3 is 5.32 Å². The van der Waals surface area contributed by atoms with Gasteiger partial charge in [0, 0.05) is 30.7 Å². The largest absolute Gasteiger partial charge is 0.309 e. The molecular formula is C11H22N2O2S. The molecule has 0 amide bonds. The van der Waals surface area contributed by atoms with Crippen LogP contribution in [0.3, 0.4) is 0 Å². The maximum absolute atomic E-state index is 11.6. The second kappa shape index (κ2) is 3.68. The zero-order chi connectivity index (χ0) is 12.0.